The number of likely N-dealkylation sites (N-methyl/N-ethyl adjacent to an activating group) is 2. The van der Waals surface area contributed by atoms with Crippen LogP contribution in [0, 0.1) is 5.41 Å². The van der Waals surface area contributed by atoms with E-state index in [0.29, 0.717) is 26.4 Å². The summed E-state index contributed by atoms with van der Waals surface area (Å²) in [5.41, 5.74) is -0.267. The van der Waals surface area contributed by atoms with Gasteiger partial charge in [-0.3, -0.25) is 0 Å². The van der Waals surface area contributed by atoms with Crippen LogP contribution >= 0.6 is 24.8 Å². The minimum absolute atomic E-state index is 0. The summed E-state index contributed by atoms with van der Waals surface area (Å²) >= 11 is 0. The maximum Gasteiger partial charge on any atom is 0.0637 e. The first-order valence-electron chi connectivity index (χ1n) is 16.9. The highest BCUT2D eigenvalue weighted by molar-refractivity contribution is 5.85. The average molecular weight is 632 g/mol. The SMILES string of the molecule is CCCCCCCCOCC(COCCCCCCCC)(COCCN(CC)CC)COCCN(CC)CC.Cl.Cl. The van der Waals surface area contributed by atoms with E-state index in [9.17, 15) is 0 Å². The monoisotopic (exact) mass is 630 g/mol. The fourth-order valence-corrected chi connectivity index (χ4v) is 4.84. The summed E-state index contributed by atoms with van der Waals surface area (Å²) in [6.45, 7) is 25.1. The molecule has 0 unspecified atom stereocenters. The topological polar surface area (TPSA) is 43.4 Å². The molecule has 0 heterocycles. The molecular weight excluding hydrogens is 559 g/mol. The predicted molar refractivity (Wildman–Crippen MR) is 183 cm³/mol. The zero-order chi connectivity index (χ0) is 28.9. The Morgan fingerprint density at radius 2 is 0.683 bits per heavy atom. The first-order chi connectivity index (χ1) is 19.1. The normalized spacial score (nSPS) is 11.7. The lowest BCUT2D eigenvalue weighted by molar-refractivity contribution is -0.109. The molecule has 0 fully saturated rings. The predicted octanol–water partition coefficient (Wildman–Crippen LogP) is 8.29. The lowest BCUT2D eigenvalue weighted by Crippen LogP contribution is -2.43. The van der Waals surface area contributed by atoms with E-state index in [0.717, 1.165) is 78.5 Å². The zero-order valence-corrected chi connectivity index (χ0v) is 29.9. The van der Waals surface area contributed by atoms with Gasteiger partial charge in [0, 0.05) is 26.3 Å². The molecule has 0 saturated carbocycles. The van der Waals surface area contributed by atoms with Crippen LogP contribution in [0.25, 0.3) is 0 Å². The van der Waals surface area contributed by atoms with E-state index in [1.165, 1.54) is 64.2 Å². The van der Waals surface area contributed by atoms with Gasteiger partial charge in [-0.15, -0.1) is 24.8 Å². The van der Waals surface area contributed by atoms with Gasteiger partial charge in [-0.2, -0.15) is 0 Å². The molecule has 8 heteroatoms. The van der Waals surface area contributed by atoms with Gasteiger partial charge in [0.25, 0.3) is 0 Å². The third-order valence-corrected chi connectivity index (χ3v) is 7.81. The van der Waals surface area contributed by atoms with Crippen LogP contribution in [-0.4, -0.2) is 102 Å². The summed E-state index contributed by atoms with van der Waals surface area (Å²) in [4.78, 5) is 4.82. The van der Waals surface area contributed by atoms with Gasteiger partial charge in [0.2, 0.25) is 0 Å². The summed E-state index contributed by atoms with van der Waals surface area (Å²) in [5, 5.41) is 0. The molecular formula is C33H72Cl2N2O4. The number of halogens is 2. The second kappa shape index (κ2) is 34.8. The molecule has 0 bridgehead atoms. The van der Waals surface area contributed by atoms with Gasteiger partial charge in [-0.1, -0.05) is 106 Å². The Labute approximate surface area is 269 Å². The van der Waals surface area contributed by atoms with Crippen LogP contribution in [0.15, 0.2) is 0 Å². The molecule has 0 aliphatic rings. The smallest absolute Gasteiger partial charge is 0.0637 e. The minimum atomic E-state index is -0.267. The van der Waals surface area contributed by atoms with Gasteiger partial charge in [0.05, 0.1) is 45.1 Å². The fourth-order valence-electron chi connectivity index (χ4n) is 4.84. The van der Waals surface area contributed by atoms with Gasteiger partial charge < -0.3 is 28.7 Å². The van der Waals surface area contributed by atoms with Crippen molar-refractivity contribution in [3.63, 3.8) is 0 Å². The van der Waals surface area contributed by atoms with Crippen LogP contribution in [0.2, 0.25) is 0 Å². The molecule has 0 rings (SSSR count). The van der Waals surface area contributed by atoms with Crippen molar-refractivity contribution < 1.29 is 18.9 Å². The Balaban J connectivity index is -0.00000722. The molecule has 0 aliphatic carbocycles. The van der Waals surface area contributed by atoms with Crippen molar-refractivity contribution >= 4 is 24.8 Å². The quantitative estimate of drug-likeness (QED) is 0.0697. The Morgan fingerprint density at radius 3 is 1.00 bits per heavy atom. The Bertz CT molecular complexity index is 442. The summed E-state index contributed by atoms with van der Waals surface area (Å²) in [6.07, 6.45) is 15.3. The van der Waals surface area contributed by atoms with Crippen molar-refractivity contribution in [1.82, 2.24) is 9.80 Å². The van der Waals surface area contributed by atoms with Crippen molar-refractivity contribution in [3.8, 4) is 0 Å². The first-order valence-corrected chi connectivity index (χ1v) is 16.9. The van der Waals surface area contributed by atoms with Crippen LogP contribution in [0.5, 0.6) is 0 Å². The average Bonchev–Trinajstić information content (AvgIpc) is 2.96. The number of rotatable bonds is 32. The number of ether oxygens (including phenoxy) is 4. The number of hydrogen-bond donors (Lipinski definition) is 0. The number of nitrogens with zero attached hydrogens (tertiary/aromatic N) is 2. The van der Waals surface area contributed by atoms with Gasteiger partial charge in [0.15, 0.2) is 0 Å². The van der Waals surface area contributed by atoms with E-state index in [-0.39, 0.29) is 30.2 Å². The standard InChI is InChI=1S/C33H70N2O4.2ClH/c1-7-13-15-17-19-21-25-36-29-33(31-38-27-23-34(9-3)10-4,32-39-28-24-35(11-5)12-6)30-37-26-22-20-18-16-14-8-2;;/h7-32H2,1-6H3;2*1H. The third kappa shape index (κ3) is 27.6. The molecule has 0 aromatic rings. The maximum atomic E-state index is 6.31. The van der Waals surface area contributed by atoms with E-state index in [1.54, 1.807) is 0 Å². The minimum Gasteiger partial charge on any atom is -0.381 e. The third-order valence-electron chi connectivity index (χ3n) is 7.81. The van der Waals surface area contributed by atoms with Gasteiger partial charge in [-0.25, -0.2) is 0 Å². The van der Waals surface area contributed by atoms with Crippen LogP contribution < -0.4 is 0 Å². The Hall–Kier alpha value is 0.340. The Morgan fingerprint density at radius 1 is 0.390 bits per heavy atom. The molecule has 0 saturated heterocycles. The van der Waals surface area contributed by atoms with E-state index in [2.05, 4.69) is 51.3 Å². The van der Waals surface area contributed by atoms with Gasteiger partial charge in [0.1, 0.15) is 0 Å². The van der Waals surface area contributed by atoms with E-state index in [1.807, 2.05) is 0 Å². The molecule has 252 valence electrons. The first kappa shape index (κ1) is 45.8. The highest BCUT2D eigenvalue weighted by atomic mass is 35.5. The highest BCUT2D eigenvalue weighted by Crippen LogP contribution is 2.22. The summed E-state index contributed by atoms with van der Waals surface area (Å²) < 4.78 is 25.2. The lowest BCUT2D eigenvalue weighted by Gasteiger charge is -2.33. The number of unbranched alkanes of at least 4 members (excludes halogenated alkanes) is 10. The molecule has 0 aromatic carbocycles. The van der Waals surface area contributed by atoms with Crippen LogP contribution in [0.1, 0.15) is 119 Å². The van der Waals surface area contributed by atoms with E-state index in [4.69, 9.17) is 18.9 Å². The fraction of sp³-hybridized carbons (Fsp3) is 1.00. The molecule has 0 aromatic heterocycles. The molecule has 0 atom stereocenters. The van der Waals surface area contributed by atoms with Crippen molar-refractivity contribution in [2.75, 3.05) is 92.1 Å². The van der Waals surface area contributed by atoms with Gasteiger partial charge in [-0.05, 0) is 39.0 Å². The van der Waals surface area contributed by atoms with E-state index < -0.39 is 0 Å². The summed E-state index contributed by atoms with van der Waals surface area (Å²) in [5.74, 6) is 0. The van der Waals surface area contributed by atoms with E-state index >= 15 is 0 Å². The Kier molecular flexibility index (Phi) is 38.9. The second-order valence-corrected chi connectivity index (χ2v) is 11.3. The van der Waals surface area contributed by atoms with Crippen molar-refractivity contribution in [3.05, 3.63) is 0 Å². The molecule has 41 heavy (non-hydrogen) atoms. The van der Waals surface area contributed by atoms with Crippen LogP contribution in [-0.2, 0) is 18.9 Å². The number of hydrogen-bond acceptors (Lipinski definition) is 6. The van der Waals surface area contributed by atoms with Crippen molar-refractivity contribution in [1.29, 1.82) is 0 Å². The summed E-state index contributed by atoms with van der Waals surface area (Å²) in [7, 11) is 0. The zero-order valence-electron chi connectivity index (χ0n) is 28.2. The largest absolute Gasteiger partial charge is 0.381 e. The second-order valence-electron chi connectivity index (χ2n) is 11.3. The van der Waals surface area contributed by atoms with Crippen LogP contribution in [0.3, 0.4) is 0 Å². The van der Waals surface area contributed by atoms with Crippen LogP contribution in [0.4, 0.5) is 0 Å². The molecule has 0 radical (unpaired) electrons. The molecule has 0 amide bonds. The molecule has 6 nitrogen and oxygen atoms in total. The summed E-state index contributed by atoms with van der Waals surface area (Å²) in [6, 6.07) is 0. The molecule has 0 spiro atoms. The van der Waals surface area contributed by atoms with Crippen molar-refractivity contribution in [2.24, 2.45) is 5.41 Å². The lowest BCUT2D eigenvalue weighted by atomic mass is 9.92. The highest BCUT2D eigenvalue weighted by Gasteiger charge is 2.32. The molecule has 0 N–H and O–H groups in total. The maximum absolute atomic E-state index is 6.31. The molecule has 0 aliphatic heterocycles. The van der Waals surface area contributed by atoms with Gasteiger partial charge >= 0.3 is 0 Å². The van der Waals surface area contributed by atoms with Crippen molar-refractivity contribution in [2.45, 2.75) is 119 Å².